The first kappa shape index (κ1) is 21.2. The van der Waals surface area contributed by atoms with Crippen molar-refractivity contribution in [3.63, 3.8) is 0 Å². The molecule has 2 aromatic heterocycles. The Hall–Kier alpha value is -2.68. The third kappa shape index (κ3) is 5.03. The maximum atomic E-state index is 12.8. The van der Waals surface area contributed by atoms with Gasteiger partial charge in [0.15, 0.2) is 5.76 Å². The molecule has 2 fully saturated rings. The van der Waals surface area contributed by atoms with Crippen LogP contribution in [0.3, 0.4) is 0 Å². The van der Waals surface area contributed by atoms with E-state index in [1.807, 2.05) is 23.1 Å². The summed E-state index contributed by atoms with van der Waals surface area (Å²) in [5.41, 5.74) is 2.15. The van der Waals surface area contributed by atoms with Crippen molar-refractivity contribution in [1.82, 2.24) is 19.7 Å². The molecular weight excluding hydrogens is 422 g/mol. The maximum Gasteiger partial charge on any atom is 0.236 e. The van der Waals surface area contributed by atoms with Crippen molar-refractivity contribution in [2.45, 2.75) is 6.54 Å². The number of hydrogen-bond donors (Lipinski definition) is 0. The van der Waals surface area contributed by atoms with Crippen LogP contribution in [0, 0.1) is 0 Å². The van der Waals surface area contributed by atoms with E-state index in [9.17, 15) is 4.79 Å². The highest BCUT2D eigenvalue weighted by Crippen LogP contribution is 2.23. The lowest BCUT2D eigenvalue weighted by atomic mass is 10.2. The van der Waals surface area contributed by atoms with E-state index in [1.165, 1.54) is 5.69 Å². The van der Waals surface area contributed by atoms with E-state index < -0.39 is 0 Å². The normalized spacial score (nSPS) is 18.2. The minimum Gasteiger partial charge on any atom is -0.463 e. The number of carbonyl (C=O) groups is 1. The molecular formula is C24H29N5O2S. The van der Waals surface area contributed by atoms with E-state index in [-0.39, 0.29) is 5.91 Å². The fraction of sp³-hybridized carbons (Fsp3) is 0.417. The summed E-state index contributed by atoms with van der Waals surface area (Å²) < 4.78 is 5.44. The van der Waals surface area contributed by atoms with Crippen LogP contribution in [0.4, 0.5) is 5.69 Å². The first-order valence-corrected chi connectivity index (χ1v) is 12.1. The number of thiazole rings is 1. The molecule has 0 unspecified atom stereocenters. The predicted molar refractivity (Wildman–Crippen MR) is 127 cm³/mol. The van der Waals surface area contributed by atoms with Gasteiger partial charge >= 0.3 is 0 Å². The topological polar surface area (TPSA) is 56.1 Å². The summed E-state index contributed by atoms with van der Waals surface area (Å²) in [6.07, 6.45) is 1.68. The van der Waals surface area contributed by atoms with Gasteiger partial charge < -0.3 is 14.2 Å². The molecule has 2 aliphatic rings. The van der Waals surface area contributed by atoms with Crippen LogP contribution >= 0.6 is 11.3 Å². The second-order valence-corrected chi connectivity index (χ2v) is 9.30. The Morgan fingerprint density at radius 2 is 1.66 bits per heavy atom. The van der Waals surface area contributed by atoms with Crippen molar-refractivity contribution in [2.75, 3.05) is 63.8 Å². The molecule has 0 aliphatic carbocycles. The van der Waals surface area contributed by atoms with Crippen molar-refractivity contribution in [2.24, 2.45) is 0 Å². The summed E-state index contributed by atoms with van der Waals surface area (Å²) in [5, 5.41) is 3.16. The van der Waals surface area contributed by atoms with Gasteiger partial charge in [0.2, 0.25) is 5.91 Å². The number of amides is 1. The van der Waals surface area contributed by atoms with Gasteiger partial charge in [0.05, 0.1) is 19.4 Å². The first-order valence-electron chi connectivity index (χ1n) is 11.3. The largest absolute Gasteiger partial charge is 0.463 e. The summed E-state index contributed by atoms with van der Waals surface area (Å²) in [6.45, 7) is 8.56. The summed E-state index contributed by atoms with van der Waals surface area (Å²) >= 11 is 1.68. The van der Waals surface area contributed by atoms with Gasteiger partial charge in [0.1, 0.15) is 10.7 Å². The summed E-state index contributed by atoms with van der Waals surface area (Å²) in [7, 11) is 0. The molecule has 0 N–H and O–H groups in total. The SMILES string of the molecule is O=C(CN1CCN(Cc2nc(-c3ccco3)cs2)CC1)N1CCN(c2ccccc2)CC1. The second kappa shape index (κ2) is 9.85. The quantitative estimate of drug-likeness (QED) is 0.575. The van der Waals surface area contributed by atoms with Gasteiger partial charge in [-0.2, -0.15) is 0 Å². The molecule has 0 bridgehead atoms. The molecule has 4 heterocycles. The van der Waals surface area contributed by atoms with Gasteiger partial charge in [-0.05, 0) is 24.3 Å². The van der Waals surface area contributed by atoms with Crippen LogP contribution in [0.2, 0.25) is 0 Å². The molecule has 8 heteroatoms. The highest BCUT2D eigenvalue weighted by molar-refractivity contribution is 7.09. The fourth-order valence-corrected chi connectivity index (χ4v) is 5.19. The second-order valence-electron chi connectivity index (χ2n) is 8.36. The Balaban J connectivity index is 1.05. The number of piperazine rings is 2. The van der Waals surface area contributed by atoms with E-state index in [1.54, 1.807) is 17.6 Å². The van der Waals surface area contributed by atoms with Crippen LogP contribution in [0.15, 0.2) is 58.5 Å². The molecule has 0 spiro atoms. The summed E-state index contributed by atoms with van der Waals surface area (Å²) in [5.74, 6) is 1.08. The Bertz CT molecular complexity index is 991. The average molecular weight is 452 g/mol. The number of rotatable bonds is 6. The Kier molecular flexibility index (Phi) is 6.52. The van der Waals surface area contributed by atoms with Crippen molar-refractivity contribution in [1.29, 1.82) is 0 Å². The van der Waals surface area contributed by atoms with E-state index in [4.69, 9.17) is 9.40 Å². The molecule has 2 saturated heterocycles. The number of nitrogens with zero attached hydrogens (tertiary/aromatic N) is 5. The Labute approximate surface area is 192 Å². The van der Waals surface area contributed by atoms with Gasteiger partial charge in [-0.25, -0.2) is 4.98 Å². The third-order valence-electron chi connectivity index (χ3n) is 6.26. The van der Waals surface area contributed by atoms with Crippen molar-refractivity contribution in [3.05, 3.63) is 59.1 Å². The number of anilines is 1. The van der Waals surface area contributed by atoms with E-state index >= 15 is 0 Å². The van der Waals surface area contributed by atoms with E-state index in [0.29, 0.717) is 6.54 Å². The minimum atomic E-state index is 0.258. The zero-order valence-electron chi connectivity index (χ0n) is 18.2. The zero-order chi connectivity index (χ0) is 21.8. The molecule has 1 aromatic carbocycles. The highest BCUT2D eigenvalue weighted by atomic mass is 32.1. The van der Waals surface area contributed by atoms with Crippen LogP contribution in [0.5, 0.6) is 0 Å². The molecule has 0 saturated carbocycles. The third-order valence-corrected chi connectivity index (χ3v) is 7.10. The van der Waals surface area contributed by atoms with Crippen LogP contribution in [-0.2, 0) is 11.3 Å². The van der Waals surface area contributed by atoms with Gasteiger partial charge in [0, 0.05) is 63.4 Å². The zero-order valence-corrected chi connectivity index (χ0v) is 19.0. The molecule has 1 amide bonds. The van der Waals surface area contributed by atoms with E-state index in [2.05, 4.69) is 44.3 Å². The Morgan fingerprint density at radius 1 is 0.906 bits per heavy atom. The average Bonchev–Trinajstić information content (AvgIpc) is 3.53. The summed E-state index contributed by atoms with van der Waals surface area (Å²) in [6, 6.07) is 14.3. The van der Waals surface area contributed by atoms with Crippen LogP contribution in [0.25, 0.3) is 11.5 Å². The highest BCUT2D eigenvalue weighted by Gasteiger charge is 2.25. The monoisotopic (exact) mass is 451 g/mol. The predicted octanol–water partition coefficient (Wildman–Crippen LogP) is 2.87. The molecule has 5 rings (SSSR count). The first-order chi connectivity index (χ1) is 15.7. The molecule has 7 nitrogen and oxygen atoms in total. The van der Waals surface area contributed by atoms with Gasteiger partial charge in [-0.15, -0.1) is 11.3 Å². The van der Waals surface area contributed by atoms with Gasteiger partial charge in [-0.1, -0.05) is 18.2 Å². The number of para-hydroxylation sites is 1. The summed E-state index contributed by atoms with van der Waals surface area (Å²) in [4.78, 5) is 26.6. The Morgan fingerprint density at radius 3 is 2.38 bits per heavy atom. The number of carbonyl (C=O) groups excluding carboxylic acids is 1. The number of aromatic nitrogens is 1. The van der Waals surface area contributed by atoms with Crippen molar-refractivity contribution < 1.29 is 9.21 Å². The van der Waals surface area contributed by atoms with Crippen LogP contribution in [-0.4, -0.2) is 84.5 Å². The molecule has 32 heavy (non-hydrogen) atoms. The molecule has 2 aliphatic heterocycles. The number of hydrogen-bond acceptors (Lipinski definition) is 7. The van der Waals surface area contributed by atoms with Gasteiger partial charge in [0.25, 0.3) is 0 Å². The maximum absolute atomic E-state index is 12.8. The lowest BCUT2D eigenvalue weighted by molar-refractivity contribution is -0.133. The van der Waals surface area contributed by atoms with E-state index in [0.717, 1.165) is 75.4 Å². The van der Waals surface area contributed by atoms with Crippen molar-refractivity contribution >= 4 is 22.9 Å². The smallest absolute Gasteiger partial charge is 0.236 e. The van der Waals surface area contributed by atoms with Gasteiger partial charge in [-0.3, -0.25) is 14.6 Å². The van der Waals surface area contributed by atoms with Crippen molar-refractivity contribution in [3.8, 4) is 11.5 Å². The molecule has 3 aromatic rings. The lowest BCUT2D eigenvalue weighted by Crippen LogP contribution is -2.53. The molecule has 168 valence electrons. The standard InChI is InChI=1S/C24H29N5O2S/c30-24(29-14-12-28(13-15-29)20-5-2-1-3-6-20)18-27-10-8-26(9-11-27)17-23-25-21(19-32-23)22-7-4-16-31-22/h1-7,16,19H,8-15,17-18H2. The fourth-order valence-electron chi connectivity index (χ4n) is 4.36. The lowest BCUT2D eigenvalue weighted by Gasteiger charge is -2.38. The number of furan rings is 1. The number of benzene rings is 1. The minimum absolute atomic E-state index is 0.258. The molecule has 0 atom stereocenters. The molecule has 0 radical (unpaired) electrons. The van der Waals surface area contributed by atoms with Crippen LogP contribution < -0.4 is 4.90 Å². The van der Waals surface area contributed by atoms with Crippen LogP contribution in [0.1, 0.15) is 5.01 Å².